The van der Waals surface area contributed by atoms with Crippen LogP contribution < -0.4 is 5.32 Å². The van der Waals surface area contributed by atoms with Gasteiger partial charge < -0.3 is 10.4 Å². The number of aliphatic hydroxyl groups is 1. The zero-order chi connectivity index (χ0) is 21.1. The van der Waals surface area contributed by atoms with Gasteiger partial charge in [-0.1, -0.05) is 38.8 Å². The summed E-state index contributed by atoms with van der Waals surface area (Å²) < 4.78 is 79.9. The van der Waals surface area contributed by atoms with Crippen molar-refractivity contribution >= 4 is 10.9 Å². The Bertz CT molecular complexity index is 803. The second-order valence-corrected chi connectivity index (χ2v) is 6.55. The molecule has 0 bridgehead atoms. The molecule has 0 saturated carbocycles. The summed E-state index contributed by atoms with van der Waals surface area (Å²) in [6.45, 7) is 4.15. The monoisotopic (exact) mass is 408 g/mol. The lowest BCUT2D eigenvalue weighted by atomic mass is 9.93. The van der Waals surface area contributed by atoms with Crippen molar-refractivity contribution in [3.05, 3.63) is 41.1 Å². The lowest BCUT2D eigenvalue weighted by Gasteiger charge is -2.26. The van der Waals surface area contributed by atoms with E-state index in [2.05, 4.69) is 10.3 Å². The molecule has 2 aromatic rings. The number of aromatic nitrogens is 1. The number of para-hydroxylation sites is 1. The maximum Gasteiger partial charge on any atom is 0.433 e. The number of hydrogen-bond donors (Lipinski definition) is 2. The van der Waals surface area contributed by atoms with Crippen LogP contribution in [-0.4, -0.2) is 22.7 Å². The summed E-state index contributed by atoms with van der Waals surface area (Å²) in [7, 11) is 0. The Balaban J connectivity index is 2.72. The first-order chi connectivity index (χ1) is 13.0. The van der Waals surface area contributed by atoms with E-state index in [-0.39, 0.29) is 10.9 Å². The van der Waals surface area contributed by atoms with Gasteiger partial charge in [0.05, 0.1) is 17.2 Å². The average molecular weight is 408 g/mol. The molecule has 0 fully saturated rings. The Morgan fingerprint density at radius 3 is 2.29 bits per heavy atom. The Hall–Kier alpha value is -1.87. The van der Waals surface area contributed by atoms with Gasteiger partial charge in [-0.3, -0.25) is 0 Å². The lowest BCUT2D eigenvalue weighted by Crippen LogP contribution is -2.35. The van der Waals surface area contributed by atoms with Crippen LogP contribution in [0.3, 0.4) is 0 Å². The number of rotatable bonds is 7. The highest BCUT2D eigenvalue weighted by Gasteiger charge is 2.38. The van der Waals surface area contributed by atoms with Gasteiger partial charge in [-0.05, 0) is 30.7 Å². The molecule has 0 radical (unpaired) electrons. The fourth-order valence-electron chi connectivity index (χ4n) is 3.17. The number of benzene rings is 1. The van der Waals surface area contributed by atoms with Crippen LogP contribution in [0.25, 0.3) is 10.9 Å². The van der Waals surface area contributed by atoms with E-state index in [0.717, 1.165) is 12.5 Å². The molecule has 156 valence electrons. The minimum Gasteiger partial charge on any atom is -0.387 e. The highest BCUT2D eigenvalue weighted by atomic mass is 19.4. The summed E-state index contributed by atoms with van der Waals surface area (Å²) in [4.78, 5) is 3.25. The van der Waals surface area contributed by atoms with Crippen molar-refractivity contribution in [2.24, 2.45) is 0 Å². The van der Waals surface area contributed by atoms with Gasteiger partial charge >= 0.3 is 12.4 Å². The van der Waals surface area contributed by atoms with E-state index >= 15 is 0 Å². The van der Waals surface area contributed by atoms with Crippen molar-refractivity contribution in [2.75, 3.05) is 6.54 Å². The Kier molecular flexibility index (Phi) is 6.93. The minimum atomic E-state index is -4.95. The summed E-state index contributed by atoms with van der Waals surface area (Å²) in [5, 5.41) is 13.6. The van der Waals surface area contributed by atoms with Crippen molar-refractivity contribution in [2.45, 2.75) is 57.6 Å². The summed E-state index contributed by atoms with van der Waals surface area (Å²) in [5.74, 6) is 0. The van der Waals surface area contributed by atoms with Gasteiger partial charge in [0, 0.05) is 11.4 Å². The normalized spacial score (nSPS) is 15.0. The van der Waals surface area contributed by atoms with Gasteiger partial charge in [0.1, 0.15) is 5.69 Å². The second kappa shape index (κ2) is 8.65. The van der Waals surface area contributed by atoms with Crippen LogP contribution in [0.5, 0.6) is 0 Å². The van der Waals surface area contributed by atoms with E-state index < -0.39 is 41.3 Å². The van der Waals surface area contributed by atoms with Gasteiger partial charge in [-0.2, -0.15) is 26.3 Å². The van der Waals surface area contributed by atoms with Crippen LogP contribution in [0.4, 0.5) is 26.3 Å². The van der Waals surface area contributed by atoms with E-state index in [1.807, 2.05) is 6.92 Å². The first-order valence-corrected chi connectivity index (χ1v) is 9.00. The molecule has 1 heterocycles. The third-order valence-electron chi connectivity index (χ3n) is 4.50. The van der Waals surface area contributed by atoms with Crippen molar-refractivity contribution in [3.8, 4) is 0 Å². The Morgan fingerprint density at radius 2 is 1.75 bits per heavy atom. The van der Waals surface area contributed by atoms with Crippen LogP contribution in [-0.2, 0) is 12.4 Å². The number of halogens is 6. The number of nitrogens with zero attached hydrogens (tertiary/aromatic N) is 1. The summed E-state index contributed by atoms with van der Waals surface area (Å²) >= 11 is 0. The molecule has 2 atom stereocenters. The van der Waals surface area contributed by atoms with Gasteiger partial charge in [-0.25, -0.2) is 4.98 Å². The number of likely N-dealkylation sites (N-methyl/N-ethyl adjacent to an activating group) is 1. The van der Waals surface area contributed by atoms with Crippen LogP contribution in [0, 0.1) is 0 Å². The molecule has 0 aliphatic rings. The molecule has 0 aliphatic carbocycles. The van der Waals surface area contributed by atoms with Crippen molar-refractivity contribution < 1.29 is 31.4 Å². The van der Waals surface area contributed by atoms with E-state index in [9.17, 15) is 31.4 Å². The molecule has 3 nitrogen and oxygen atoms in total. The predicted molar refractivity (Wildman–Crippen MR) is 93.7 cm³/mol. The number of fused-ring (bicyclic) bond motifs is 1. The van der Waals surface area contributed by atoms with Crippen LogP contribution in [0.2, 0.25) is 0 Å². The van der Waals surface area contributed by atoms with E-state index in [0.29, 0.717) is 31.5 Å². The topological polar surface area (TPSA) is 45.1 Å². The molecule has 1 aromatic heterocycles. The van der Waals surface area contributed by atoms with Crippen LogP contribution >= 0.6 is 0 Å². The summed E-state index contributed by atoms with van der Waals surface area (Å²) in [6.07, 6.45) is -9.26. The maximum atomic E-state index is 13.3. The number of aliphatic hydroxyl groups excluding tert-OH is 1. The standard InChI is InChI=1S/C19H22F6N2O/c1-3-5-9-14(26-4-2)17(28)12-10-15(19(23,24)25)27-16-11(12)7-6-8-13(16)18(20,21)22/h6-8,10,14,17,26,28H,3-5,9H2,1-2H3. The Morgan fingerprint density at radius 1 is 1.07 bits per heavy atom. The van der Waals surface area contributed by atoms with Crippen molar-refractivity contribution in [1.82, 2.24) is 10.3 Å². The van der Waals surface area contributed by atoms with E-state index in [1.54, 1.807) is 6.92 Å². The minimum absolute atomic E-state index is 0.144. The molecule has 2 N–H and O–H groups in total. The third kappa shape index (κ3) is 4.94. The average Bonchev–Trinajstić information content (AvgIpc) is 2.61. The molecular formula is C19H22F6N2O. The summed E-state index contributed by atoms with van der Waals surface area (Å²) in [6, 6.07) is 3.09. The molecule has 0 aliphatic heterocycles. The molecule has 0 saturated heterocycles. The number of alkyl halides is 6. The molecule has 2 unspecified atom stereocenters. The van der Waals surface area contributed by atoms with Gasteiger partial charge in [0.15, 0.2) is 0 Å². The fourth-order valence-corrected chi connectivity index (χ4v) is 3.17. The van der Waals surface area contributed by atoms with E-state index in [1.165, 1.54) is 6.07 Å². The number of pyridine rings is 1. The molecule has 0 spiro atoms. The van der Waals surface area contributed by atoms with Crippen molar-refractivity contribution in [1.29, 1.82) is 0 Å². The van der Waals surface area contributed by atoms with Gasteiger partial charge in [-0.15, -0.1) is 0 Å². The summed E-state index contributed by atoms with van der Waals surface area (Å²) in [5.41, 5.74) is -3.76. The molecule has 2 rings (SSSR count). The third-order valence-corrected chi connectivity index (χ3v) is 4.50. The quantitative estimate of drug-likeness (QED) is 0.597. The highest BCUT2D eigenvalue weighted by Crippen LogP contribution is 2.39. The van der Waals surface area contributed by atoms with Gasteiger partial charge in [0.25, 0.3) is 0 Å². The van der Waals surface area contributed by atoms with Crippen molar-refractivity contribution in [3.63, 3.8) is 0 Å². The lowest BCUT2D eigenvalue weighted by molar-refractivity contribution is -0.142. The van der Waals surface area contributed by atoms with Crippen LogP contribution in [0.15, 0.2) is 24.3 Å². The number of nitrogens with one attached hydrogen (secondary N) is 1. The second-order valence-electron chi connectivity index (χ2n) is 6.55. The largest absolute Gasteiger partial charge is 0.433 e. The zero-order valence-corrected chi connectivity index (χ0v) is 15.5. The zero-order valence-electron chi connectivity index (χ0n) is 15.5. The fraction of sp³-hybridized carbons (Fsp3) is 0.526. The van der Waals surface area contributed by atoms with Crippen LogP contribution in [0.1, 0.15) is 56.0 Å². The first-order valence-electron chi connectivity index (χ1n) is 9.00. The maximum absolute atomic E-state index is 13.3. The number of hydrogen-bond acceptors (Lipinski definition) is 3. The number of unbranched alkanes of at least 4 members (excludes halogenated alkanes) is 1. The SMILES string of the molecule is CCCCC(NCC)C(O)c1cc(C(F)(F)F)nc2c(C(F)(F)F)cccc12. The Labute approximate surface area is 158 Å². The molecule has 0 amide bonds. The highest BCUT2D eigenvalue weighted by molar-refractivity contribution is 5.86. The molecule has 28 heavy (non-hydrogen) atoms. The molecule has 9 heteroatoms. The van der Waals surface area contributed by atoms with Gasteiger partial charge in [0.2, 0.25) is 0 Å². The smallest absolute Gasteiger partial charge is 0.387 e. The van der Waals surface area contributed by atoms with E-state index in [4.69, 9.17) is 0 Å². The first kappa shape index (κ1) is 22.4. The predicted octanol–water partition coefficient (Wildman–Crippen LogP) is 5.47. The molecule has 1 aromatic carbocycles. The molecular weight excluding hydrogens is 386 g/mol.